The normalized spacial score (nSPS) is 10.9. The van der Waals surface area contributed by atoms with E-state index >= 15 is 0 Å². The highest BCUT2D eigenvalue weighted by Gasteiger charge is 2.11. The summed E-state index contributed by atoms with van der Waals surface area (Å²) >= 11 is 0. The third-order valence-electron chi connectivity index (χ3n) is 2.02. The number of nitrogen functional groups attached to an aromatic ring is 1. The maximum atomic E-state index is 11.6. The number of hydrogen-bond acceptors (Lipinski definition) is 5. The van der Waals surface area contributed by atoms with Crippen LogP contribution in [0.4, 0.5) is 11.4 Å². The predicted molar refractivity (Wildman–Crippen MR) is 68.0 cm³/mol. The number of hydrogen-bond donors (Lipinski definition) is 3. The molecule has 0 aliphatic heterocycles. The van der Waals surface area contributed by atoms with Gasteiger partial charge < -0.3 is 10.5 Å². The number of nitrogens with one attached hydrogen (secondary N) is 2. The van der Waals surface area contributed by atoms with Gasteiger partial charge in [-0.3, -0.25) is 4.72 Å². The zero-order valence-corrected chi connectivity index (χ0v) is 10.6. The average molecular weight is 270 g/mol. The SMILES string of the molecule is COCCNS(=O)(=O)Nc1ccc(C#N)cc1N. The lowest BCUT2D eigenvalue weighted by molar-refractivity contribution is 0.204. The van der Waals surface area contributed by atoms with E-state index in [1.165, 1.54) is 25.3 Å². The summed E-state index contributed by atoms with van der Waals surface area (Å²) in [5, 5.41) is 8.66. The molecule has 7 nitrogen and oxygen atoms in total. The van der Waals surface area contributed by atoms with Gasteiger partial charge in [0.1, 0.15) is 0 Å². The fourth-order valence-corrected chi connectivity index (χ4v) is 2.08. The number of anilines is 2. The molecule has 18 heavy (non-hydrogen) atoms. The highest BCUT2D eigenvalue weighted by atomic mass is 32.2. The van der Waals surface area contributed by atoms with Crippen molar-refractivity contribution in [2.24, 2.45) is 0 Å². The van der Waals surface area contributed by atoms with Crippen LogP contribution in [0.15, 0.2) is 18.2 Å². The van der Waals surface area contributed by atoms with Crippen LogP contribution in [-0.4, -0.2) is 28.7 Å². The number of methoxy groups -OCH3 is 1. The molecule has 0 atom stereocenters. The Morgan fingerprint density at radius 2 is 2.22 bits per heavy atom. The van der Waals surface area contributed by atoms with E-state index < -0.39 is 10.2 Å². The molecule has 0 fully saturated rings. The molecule has 0 spiro atoms. The van der Waals surface area contributed by atoms with Gasteiger partial charge in [0.15, 0.2) is 0 Å². The van der Waals surface area contributed by atoms with Gasteiger partial charge in [0.25, 0.3) is 10.2 Å². The first-order valence-electron chi connectivity index (χ1n) is 5.04. The van der Waals surface area contributed by atoms with E-state index in [1.807, 2.05) is 6.07 Å². The largest absolute Gasteiger partial charge is 0.397 e. The molecule has 98 valence electrons. The van der Waals surface area contributed by atoms with Gasteiger partial charge in [-0.25, -0.2) is 0 Å². The van der Waals surface area contributed by atoms with Gasteiger partial charge in [-0.15, -0.1) is 0 Å². The highest BCUT2D eigenvalue weighted by Crippen LogP contribution is 2.20. The first-order chi connectivity index (χ1) is 8.48. The fourth-order valence-electron chi connectivity index (χ4n) is 1.18. The van der Waals surface area contributed by atoms with Crippen LogP contribution in [0.2, 0.25) is 0 Å². The molecule has 0 heterocycles. The van der Waals surface area contributed by atoms with E-state index in [9.17, 15) is 8.42 Å². The van der Waals surface area contributed by atoms with Gasteiger partial charge in [0, 0.05) is 13.7 Å². The van der Waals surface area contributed by atoms with Crippen LogP contribution in [0.1, 0.15) is 5.56 Å². The molecular weight excluding hydrogens is 256 g/mol. The summed E-state index contributed by atoms with van der Waals surface area (Å²) in [5.41, 5.74) is 6.40. The van der Waals surface area contributed by atoms with Crippen LogP contribution >= 0.6 is 0 Å². The van der Waals surface area contributed by atoms with Crippen molar-refractivity contribution in [2.45, 2.75) is 0 Å². The molecule has 0 aromatic heterocycles. The summed E-state index contributed by atoms with van der Waals surface area (Å²) < 4.78 is 32.4. The molecule has 0 bridgehead atoms. The second-order valence-corrected chi connectivity index (χ2v) is 4.91. The minimum Gasteiger partial charge on any atom is -0.397 e. The average Bonchev–Trinajstić information content (AvgIpc) is 2.31. The molecule has 4 N–H and O–H groups in total. The third-order valence-corrected chi connectivity index (χ3v) is 3.10. The Morgan fingerprint density at radius 1 is 1.50 bits per heavy atom. The molecule has 1 aromatic rings. The minimum absolute atomic E-state index is 0.155. The Morgan fingerprint density at radius 3 is 2.78 bits per heavy atom. The molecule has 8 heteroatoms. The number of ether oxygens (including phenoxy) is 1. The van der Waals surface area contributed by atoms with E-state index in [1.54, 1.807) is 0 Å². The van der Waals surface area contributed by atoms with Crippen LogP contribution in [-0.2, 0) is 14.9 Å². The lowest BCUT2D eigenvalue weighted by Crippen LogP contribution is -2.32. The van der Waals surface area contributed by atoms with Gasteiger partial charge in [0.2, 0.25) is 0 Å². The van der Waals surface area contributed by atoms with Crippen molar-refractivity contribution in [2.75, 3.05) is 30.7 Å². The first kappa shape index (κ1) is 14.2. The van der Waals surface area contributed by atoms with Crippen LogP contribution in [0, 0.1) is 11.3 Å². The summed E-state index contributed by atoms with van der Waals surface area (Å²) in [6.07, 6.45) is 0. The Hall–Kier alpha value is -1.82. The number of nitrogens with zero attached hydrogens (tertiary/aromatic N) is 1. The number of rotatable bonds is 6. The molecule has 0 saturated carbocycles. The Labute approximate surface area is 106 Å². The van der Waals surface area contributed by atoms with Crippen LogP contribution in [0.3, 0.4) is 0 Å². The van der Waals surface area contributed by atoms with Crippen molar-refractivity contribution in [3.05, 3.63) is 23.8 Å². The molecule has 0 amide bonds. The first-order valence-corrected chi connectivity index (χ1v) is 6.53. The summed E-state index contributed by atoms with van der Waals surface area (Å²) in [7, 11) is -2.22. The van der Waals surface area contributed by atoms with Gasteiger partial charge in [0.05, 0.1) is 29.6 Å². The van der Waals surface area contributed by atoms with Crippen molar-refractivity contribution >= 4 is 21.6 Å². The summed E-state index contributed by atoms with van der Waals surface area (Å²) in [6, 6.07) is 6.22. The Kier molecular flexibility index (Phi) is 4.91. The summed E-state index contributed by atoms with van der Waals surface area (Å²) in [6.45, 7) is 0.422. The van der Waals surface area contributed by atoms with Gasteiger partial charge in [-0.2, -0.15) is 18.4 Å². The Balaban J connectivity index is 2.75. The lowest BCUT2D eigenvalue weighted by atomic mass is 10.2. The lowest BCUT2D eigenvalue weighted by Gasteiger charge is -2.11. The molecule has 1 aromatic carbocycles. The van der Waals surface area contributed by atoms with Crippen LogP contribution in [0.5, 0.6) is 0 Å². The maximum Gasteiger partial charge on any atom is 0.299 e. The van der Waals surface area contributed by atoms with Crippen LogP contribution < -0.4 is 15.2 Å². The Bertz CT molecular complexity index is 551. The van der Waals surface area contributed by atoms with E-state index in [-0.39, 0.29) is 24.5 Å². The second kappa shape index (κ2) is 6.20. The molecule has 0 saturated heterocycles. The minimum atomic E-state index is -3.69. The summed E-state index contributed by atoms with van der Waals surface area (Å²) in [5.74, 6) is 0. The zero-order valence-electron chi connectivity index (χ0n) is 9.80. The topological polar surface area (TPSA) is 117 Å². The van der Waals surface area contributed by atoms with Gasteiger partial charge in [-0.05, 0) is 18.2 Å². The van der Waals surface area contributed by atoms with Crippen LogP contribution in [0.25, 0.3) is 0 Å². The van der Waals surface area contributed by atoms with E-state index in [0.717, 1.165) is 0 Å². The van der Waals surface area contributed by atoms with Crippen molar-refractivity contribution in [3.8, 4) is 6.07 Å². The van der Waals surface area contributed by atoms with E-state index in [4.69, 9.17) is 15.7 Å². The fraction of sp³-hybridized carbons (Fsp3) is 0.300. The van der Waals surface area contributed by atoms with Gasteiger partial charge in [-0.1, -0.05) is 0 Å². The predicted octanol–water partition coefficient (Wildman–Crippen LogP) is 0.0332. The van der Waals surface area contributed by atoms with E-state index in [0.29, 0.717) is 5.56 Å². The van der Waals surface area contributed by atoms with Gasteiger partial charge >= 0.3 is 0 Å². The van der Waals surface area contributed by atoms with Crippen molar-refractivity contribution in [1.29, 1.82) is 5.26 Å². The second-order valence-electron chi connectivity index (χ2n) is 3.41. The molecule has 0 radical (unpaired) electrons. The zero-order chi connectivity index (χ0) is 13.6. The van der Waals surface area contributed by atoms with Crippen molar-refractivity contribution < 1.29 is 13.2 Å². The molecular formula is C10H14N4O3S. The summed E-state index contributed by atoms with van der Waals surface area (Å²) in [4.78, 5) is 0. The highest BCUT2D eigenvalue weighted by molar-refractivity contribution is 7.90. The number of benzene rings is 1. The maximum absolute atomic E-state index is 11.6. The third kappa shape index (κ3) is 4.21. The standard InChI is InChI=1S/C10H14N4O3S/c1-17-5-4-13-18(15,16)14-10-3-2-8(7-11)6-9(10)12/h2-3,6,13-14H,4-5,12H2,1H3. The smallest absolute Gasteiger partial charge is 0.299 e. The van der Waals surface area contributed by atoms with E-state index in [2.05, 4.69) is 9.44 Å². The molecule has 0 unspecified atom stereocenters. The molecule has 0 aliphatic carbocycles. The number of nitriles is 1. The monoisotopic (exact) mass is 270 g/mol. The number of nitrogens with two attached hydrogens (primary N) is 1. The molecule has 1 rings (SSSR count). The quantitative estimate of drug-likeness (QED) is 0.498. The van der Waals surface area contributed by atoms with Crippen molar-refractivity contribution in [3.63, 3.8) is 0 Å². The molecule has 0 aliphatic rings. The van der Waals surface area contributed by atoms with Crippen molar-refractivity contribution in [1.82, 2.24) is 4.72 Å².